The van der Waals surface area contributed by atoms with E-state index in [2.05, 4.69) is 8.37 Å². The summed E-state index contributed by atoms with van der Waals surface area (Å²) in [6, 6.07) is 0.816. The molecule has 0 aromatic carbocycles. The van der Waals surface area contributed by atoms with Crippen molar-refractivity contribution in [3.63, 3.8) is 0 Å². The van der Waals surface area contributed by atoms with Gasteiger partial charge in [-0.25, -0.2) is 4.79 Å². The standard InChI is InChI=1S/C19H28F6N2O11S2Si/c1-16(2,3)41(5,6)38-13-12(34-4)14(27-8-7-11(28)26-15(27)29)37-17(13,9-35-39(30,31)18(20,21)22)10-36-40(32,33)19(23,24)25/h7-8,12-14H,9-10H2,1-6H3,(H,26,28,29)/t12-,13-,14+/m0/s1. The molecule has 1 aliphatic heterocycles. The van der Waals surface area contributed by atoms with Crippen molar-refractivity contribution in [2.45, 2.75) is 74.0 Å². The number of hydrogen-bond acceptors (Lipinski definition) is 11. The lowest BCUT2D eigenvalue weighted by molar-refractivity contribution is -0.144. The molecule has 1 saturated heterocycles. The zero-order valence-electron chi connectivity index (χ0n) is 22.3. The molecule has 0 aliphatic carbocycles. The number of H-pyrrole nitrogens is 1. The summed E-state index contributed by atoms with van der Waals surface area (Å²) >= 11 is 0. The molecule has 1 aliphatic rings. The molecule has 3 atom stereocenters. The summed E-state index contributed by atoms with van der Waals surface area (Å²) in [7, 11) is -15.0. The smallest absolute Gasteiger partial charge is 0.408 e. The second-order valence-electron chi connectivity index (χ2n) is 10.4. The summed E-state index contributed by atoms with van der Waals surface area (Å²) in [5.74, 6) is 0. The van der Waals surface area contributed by atoms with Crippen LogP contribution < -0.4 is 11.2 Å². The summed E-state index contributed by atoms with van der Waals surface area (Å²) in [5, 5.41) is -0.707. The summed E-state index contributed by atoms with van der Waals surface area (Å²) in [6.45, 7) is 4.66. The maximum Gasteiger partial charge on any atom is 0.523 e. The van der Waals surface area contributed by atoms with Gasteiger partial charge in [-0.15, -0.1) is 0 Å². The summed E-state index contributed by atoms with van der Waals surface area (Å²) in [5.41, 5.74) is -17.0. The minimum Gasteiger partial charge on any atom is -0.408 e. The summed E-state index contributed by atoms with van der Waals surface area (Å²) < 4.78 is 152. The molecule has 22 heteroatoms. The lowest BCUT2D eigenvalue weighted by Crippen LogP contribution is -2.58. The van der Waals surface area contributed by atoms with Crippen molar-refractivity contribution < 1.29 is 65.4 Å². The molecular weight excluding hydrogens is 638 g/mol. The highest BCUT2D eigenvalue weighted by Gasteiger charge is 2.63. The first-order chi connectivity index (χ1) is 18.2. The van der Waals surface area contributed by atoms with Gasteiger partial charge >= 0.3 is 36.9 Å². The van der Waals surface area contributed by atoms with Gasteiger partial charge in [0.1, 0.15) is 31.0 Å². The van der Waals surface area contributed by atoms with E-state index in [1.165, 1.54) is 0 Å². The van der Waals surface area contributed by atoms with E-state index < -0.39 is 93.1 Å². The fourth-order valence-electron chi connectivity index (χ4n) is 3.34. The fraction of sp³-hybridized carbons (Fsp3) is 0.789. The van der Waals surface area contributed by atoms with Crippen LogP contribution in [-0.2, 0) is 42.5 Å². The molecule has 1 fully saturated rings. The molecule has 0 radical (unpaired) electrons. The average Bonchev–Trinajstić information content (AvgIpc) is 3.07. The van der Waals surface area contributed by atoms with Crippen molar-refractivity contribution in [2.24, 2.45) is 0 Å². The second kappa shape index (κ2) is 11.4. The maximum atomic E-state index is 13.1. The number of methoxy groups -OCH3 is 1. The SMILES string of the molecule is CO[C@@H]1[C@H](n2ccc(=O)[nH]c2=O)OC(COS(=O)(=O)C(F)(F)F)(COS(=O)(=O)C(F)(F)F)[C@H]1O[Si](C)(C)C(C)(C)C. The summed E-state index contributed by atoms with van der Waals surface area (Å²) in [6.07, 6.45) is -4.53. The zero-order valence-corrected chi connectivity index (χ0v) is 25.0. The van der Waals surface area contributed by atoms with E-state index in [9.17, 15) is 52.8 Å². The molecule has 41 heavy (non-hydrogen) atoms. The molecule has 238 valence electrons. The Kier molecular flexibility index (Phi) is 9.79. The van der Waals surface area contributed by atoms with Gasteiger partial charge in [0.15, 0.2) is 14.5 Å². The van der Waals surface area contributed by atoms with E-state index in [1.807, 2.05) is 4.98 Å². The number of rotatable bonds is 10. The predicted octanol–water partition coefficient (Wildman–Crippen LogP) is 1.94. The highest BCUT2D eigenvalue weighted by molar-refractivity contribution is 7.87. The molecule has 0 saturated carbocycles. The van der Waals surface area contributed by atoms with Gasteiger partial charge in [-0.3, -0.25) is 22.7 Å². The van der Waals surface area contributed by atoms with Crippen molar-refractivity contribution >= 4 is 28.6 Å². The quantitative estimate of drug-likeness (QED) is 0.168. The Balaban J connectivity index is 2.82. The van der Waals surface area contributed by atoms with E-state index in [0.717, 1.165) is 19.4 Å². The Labute approximate surface area is 231 Å². The number of aromatic nitrogens is 2. The highest BCUT2D eigenvalue weighted by Crippen LogP contribution is 2.47. The third kappa shape index (κ3) is 7.40. The largest absolute Gasteiger partial charge is 0.523 e. The Morgan fingerprint density at radius 1 is 0.976 bits per heavy atom. The molecule has 2 rings (SSSR count). The van der Waals surface area contributed by atoms with Crippen molar-refractivity contribution in [2.75, 3.05) is 20.3 Å². The second-order valence-corrected chi connectivity index (χ2v) is 18.4. The molecule has 1 aromatic heterocycles. The van der Waals surface area contributed by atoms with E-state index in [0.29, 0.717) is 4.57 Å². The van der Waals surface area contributed by atoms with Crippen molar-refractivity contribution in [1.29, 1.82) is 0 Å². The van der Waals surface area contributed by atoms with Crippen LogP contribution in [0.4, 0.5) is 26.3 Å². The normalized spacial score (nSPS) is 22.7. The van der Waals surface area contributed by atoms with Gasteiger partial charge in [0, 0.05) is 19.4 Å². The molecule has 0 spiro atoms. The molecular formula is C19H28F6N2O11S2Si. The predicted molar refractivity (Wildman–Crippen MR) is 129 cm³/mol. The minimum atomic E-state index is -6.43. The van der Waals surface area contributed by atoms with Gasteiger partial charge in [-0.2, -0.15) is 43.2 Å². The fourth-order valence-corrected chi connectivity index (χ4v) is 5.65. The van der Waals surface area contributed by atoms with Crippen molar-refractivity contribution in [1.82, 2.24) is 9.55 Å². The topological polar surface area (TPSA) is 169 Å². The minimum absolute atomic E-state index is 0.621. The monoisotopic (exact) mass is 666 g/mol. The van der Waals surface area contributed by atoms with E-state index in [-0.39, 0.29) is 0 Å². The van der Waals surface area contributed by atoms with E-state index in [4.69, 9.17) is 13.9 Å². The Hall–Kier alpha value is -1.82. The third-order valence-corrected chi connectivity index (χ3v) is 13.0. The van der Waals surface area contributed by atoms with Gasteiger partial charge in [0.2, 0.25) is 0 Å². The number of nitrogens with zero attached hydrogens (tertiary/aromatic N) is 1. The van der Waals surface area contributed by atoms with Crippen LogP contribution in [0.5, 0.6) is 0 Å². The Morgan fingerprint density at radius 2 is 1.44 bits per heavy atom. The highest BCUT2D eigenvalue weighted by atomic mass is 32.2. The molecule has 13 nitrogen and oxygen atoms in total. The molecule has 1 N–H and O–H groups in total. The number of alkyl halides is 6. The Bertz CT molecular complexity index is 1380. The zero-order chi connectivity index (χ0) is 32.0. The molecule has 2 heterocycles. The van der Waals surface area contributed by atoms with Crippen LogP contribution in [0.3, 0.4) is 0 Å². The van der Waals surface area contributed by atoms with Crippen LogP contribution in [0.25, 0.3) is 0 Å². The molecule has 0 amide bonds. The van der Waals surface area contributed by atoms with Gasteiger partial charge < -0.3 is 13.9 Å². The molecule has 0 bridgehead atoms. The van der Waals surface area contributed by atoms with Crippen LogP contribution in [0.2, 0.25) is 18.1 Å². The number of ether oxygens (including phenoxy) is 2. The molecule has 1 aromatic rings. The first-order valence-corrected chi connectivity index (χ1v) is 17.1. The maximum absolute atomic E-state index is 13.1. The first kappa shape index (κ1) is 35.4. The van der Waals surface area contributed by atoms with Crippen LogP contribution in [-0.4, -0.2) is 83.9 Å². The Morgan fingerprint density at radius 3 is 1.80 bits per heavy atom. The number of halogens is 6. The third-order valence-electron chi connectivity index (χ3n) is 6.56. The number of aromatic amines is 1. The lowest BCUT2D eigenvalue weighted by Gasteiger charge is -2.43. The molecule has 0 unspecified atom stereocenters. The first-order valence-electron chi connectivity index (χ1n) is 11.3. The van der Waals surface area contributed by atoms with E-state index in [1.54, 1.807) is 33.9 Å². The number of hydrogen-bond donors (Lipinski definition) is 1. The van der Waals surface area contributed by atoms with Crippen LogP contribution in [0.1, 0.15) is 27.0 Å². The van der Waals surface area contributed by atoms with E-state index >= 15 is 0 Å². The lowest BCUT2D eigenvalue weighted by atomic mass is 9.97. The van der Waals surface area contributed by atoms with Crippen molar-refractivity contribution in [3.8, 4) is 0 Å². The summed E-state index contributed by atoms with van der Waals surface area (Å²) in [4.78, 5) is 26.0. The van der Waals surface area contributed by atoms with Gasteiger partial charge in [0.05, 0.1) is 0 Å². The van der Waals surface area contributed by atoms with Crippen LogP contribution in [0.15, 0.2) is 21.9 Å². The van der Waals surface area contributed by atoms with Crippen LogP contribution >= 0.6 is 0 Å². The van der Waals surface area contributed by atoms with Crippen LogP contribution in [0, 0.1) is 0 Å². The van der Waals surface area contributed by atoms with Gasteiger partial charge in [-0.1, -0.05) is 20.8 Å². The van der Waals surface area contributed by atoms with Gasteiger partial charge in [-0.05, 0) is 18.1 Å². The van der Waals surface area contributed by atoms with Gasteiger partial charge in [0.25, 0.3) is 5.56 Å². The number of nitrogens with one attached hydrogen (secondary N) is 1. The van der Waals surface area contributed by atoms with Crippen molar-refractivity contribution in [3.05, 3.63) is 33.1 Å². The average molecular weight is 667 g/mol.